The normalized spacial score (nSPS) is 15.5. The molecule has 4 rings (SSSR count). The average Bonchev–Trinajstić information content (AvgIpc) is 3.29. The molecule has 152 valence electrons. The van der Waals surface area contributed by atoms with Crippen molar-refractivity contribution < 1.29 is 9.45 Å². The number of piperazine rings is 1. The van der Waals surface area contributed by atoms with Crippen LogP contribution in [-0.2, 0) is 0 Å². The van der Waals surface area contributed by atoms with E-state index < -0.39 is 4.92 Å². The molecule has 1 aromatic carbocycles. The van der Waals surface area contributed by atoms with Gasteiger partial charge in [-0.15, -0.1) is 0 Å². The van der Waals surface area contributed by atoms with Crippen molar-refractivity contribution in [1.82, 2.24) is 15.0 Å². The molecule has 9 nitrogen and oxygen atoms in total. The minimum Gasteiger partial charge on any atom is -0.356 e. The molecule has 0 bridgehead atoms. The van der Waals surface area contributed by atoms with Gasteiger partial charge in [0.15, 0.2) is 5.76 Å². The van der Waals surface area contributed by atoms with Gasteiger partial charge in [-0.2, -0.15) is 5.26 Å². The molecule has 0 radical (unpaired) electrons. The summed E-state index contributed by atoms with van der Waals surface area (Å²) >= 11 is 0. The molecule has 9 heteroatoms. The van der Waals surface area contributed by atoms with Gasteiger partial charge in [0.25, 0.3) is 0 Å². The van der Waals surface area contributed by atoms with Crippen molar-refractivity contribution in [2.45, 2.75) is 13.0 Å². The largest absolute Gasteiger partial charge is 0.356 e. The van der Waals surface area contributed by atoms with Crippen molar-refractivity contribution in [2.24, 2.45) is 0 Å². The molecule has 1 atom stereocenters. The van der Waals surface area contributed by atoms with Crippen LogP contribution in [0.2, 0.25) is 0 Å². The summed E-state index contributed by atoms with van der Waals surface area (Å²) in [5.74, 6) is 1.03. The van der Waals surface area contributed by atoms with Gasteiger partial charge in [0.1, 0.15) is 5.69 Å². The van der Waals surface area contributed by atoms with Crippen LogP contribution in [-0.4, -0.2) is 46.1 Å². The van der Waals surface area contributed by atoms with Gasteiger partial charge in [-0.3, -0.25) is 15.0 Å². The van der Waals surface area contributed by atoms with E-state index in [0.29, 0.717) is 30.2 Å². The molecule has 0 N–H and O–H groups in total. The molecule has 1 fully saturated rings. The highest BCUT2D eigenvalue weighted by Gasteiger charge is 2.28. The highest BCUT2D eigenvalue weighted by atomic mass is 16.6. The van der Waals surface area contributed by atoms with E-state index in [-0.39, 0.29) is 11.7 Å². The maximum Gasteiger partial charge on any atom is 0.311 e. The molecule has 0 amide bonds. The Morgan fingerprint density at radius 2 is 2.00 bits per heavy atom. The summed E-state index contributed by atoms with van der Waals surface area (Å²) in [5.41, 5.74) is 2.22. The summed E-state index contributed by atoms with van der Waals surface area (Å²) in [5, 5.41) is 24.6. The number of nitro groups is 1. The molecular formula is C21H20N6O3. The zero-order valence-corrected chi connectivity index (χ0v) is 16.4. The minimum absolute atomic E-state index is 0.0275. The third kappa shape index (κ3) is 3.86. The summed E-state index contributed by atoms with van der Waals surface area (Å²) in [6.45, 7) is 4.78. The molecule has 0 aliphatic carbocycles. The van der Waals surface area contributed by atoms with Crippen LogP contribution in [0.5, 0.6) is 0 Å². The quantitative estimate of drug-likeness (QED) is 0.470. The predicted octanol–water partition coefficient (Wildman–Crippen LogP) is 3.40. The number of hydrogen-bond donors (Lipinski definition) is 0. The Hall–Kier alpha value is -3.77. The van der Waals surface area contributed by atoms with E-state index in [2.05, 4.69) is 28.0 Å². The number of nitrogens with zero attached hydrogens (tertiary/aromatic N) is 6. The lowest BCUT2D eigenvalue weighted by atomic mass is 10.1. The maximum absolute atomic E-state index is 11.3. The molecule has 1 aliphatic rings. The SMILES string of the molecule is CC(c1cc(-c2cccc(C#N)c2)on1)N1CCN(c2ncccc2[N+](=O)[O-])CC1. The van der Waals surface area contributed by atoms with Crippen LogP contribution in [0.4, 0.5) is 11.5 Å². The van der Waals surface area contributed by atoms with E-state index in [4.69, 9.17) is 9.78 Å². The zero-order chi connectivity index (χ0) is 21.1. The molecule has 2 aromatic heterocycles. The van der Waals surface area contributed by atoms with Crippen LogP contribution in [0, 0.1) is 21.4 Å². The summed E-state index contributed by atoms with van der Waals surface area (Å²) in [7, 11) is 0. The Labute approximate surface area is 173 Å². The van der Waals surface area contributed by atoms with Gasteiger partial charge in [0.05, 0.1) is 22.6 Å². The molecule has 1 unspecified atom stereocenters. The monoisotopic (exact) mass is 404 g/mol. The van der Waals surface area contributed by atoms with Gasteiger partial charge >= 0.3 is 5.69 Å². The summed E-state index contributed by atoms with van der Waals surface area (Å²) < 4.78 is 5.51. The highest BCUT2D eigenvalue weighted by molar-refractivity contribution is 5.60. The second-order valence-corrected chi connectivity index (χ2v) is 7.11. The Balaban J connectivity index is 1.44. The fraction of sp³-hybridized carbons (Fsp3) is 0.286. The summed E-state index contributed by atoms with van der Waals surface area (Å²) in [6.07, 6.45) is 1.58. The number of anilines is 1. The van der Waals surface area contributed by atoms with Crippen LogP contribution in [0.3, 0.4) is 0 Å². The number of aromatic nitrogens is 2. The average molecular weight is 404 g/mol. The second kappa shape index (κ2) is 8.31. The number of rotatable bonds is 5. The first-order valence-corrected chi connectivity index (χ1v) is 9.62. The van der Waals surface area contributed by atoms with Gasteiger partial charge in [0.2, 0.25) is 5.82 Å². The predicted molar refractivity (Wildman–Crippen MR) is 110 cm³/mol. The van der Waals surface area contributed by atoms with E-state index in [1.165, 1.54) is 6.07 Å². The lowest BCUT2D eigenvalue weighted by molar-refractivity contribution is -0.384. The molecule has 0 spiro atoms. The van der Waals surface area contributed by atoms with Gasteiger partial charge in [-0.25, -0.2) is 4.98 Å². The second-order valence-electron chi connectivity index (χ2n) is 7.11. The van der Waals surface area contributed by atoms with Crippen molar-refractivity contribution in [3.05, 3.63) is 70.0 Å². The lowest BCUT2D eigenvalue weighted by Gasteiger charge is -2.37. The first-order valence-electron chi connectivity index (χ1n) is 9.62. The first-order chi connectivity index (χ1) is 14.6. The number of nitriles is 1. The fourth-order valence-electron chi connectivity index (χ4n) is 3.65. The van der Waals surface area contributed by atoms with Crippen molar-refractivity contribution in [3.63, 3.8) is 0 Å². The molecule has 30 heavy (non-hydrogen) atoms. The number of hydrogen-bond acceptors (Lipinski definition) is 8. The van der Waals surface area contributed by atoms with E-state index >= 15 is 0 Å². The van der Waals surface area contributed by atoms with Crippen molar-refractivity contribution in [1.29, 1.82) is 5.26 Å². The number of benzene rings is 1. The Kier molecular flexibility index (Phi) is 5.41. The standard InChI is InChI=1S/C21H20N6O3/c1-15(18-13-20(30-24-18)17-5-2-4-16(12-17)14-22)25-8-10-26(11-9-25)21-19(27(28)29)6-3-7-23-21/h2-7,12-13,15H,8-11H2,1H3. The Morgan fingerprint density at radius 3 is 2.73 bits per heavy atom. The third-order valence-corrected chi connectivity index (χ3v) is 5.36. The van der Waals surface area contributed by atoms with Crippen LogP contribution in [0.1, 0.15) is 24.2 Å². The van der Waals surface area contributed by atoms with Crippen LogP contribution >= 0.6 is 0 Å². The zero-order valence-electron chi connectivity index (χ0n) is 16.4. The van der Waals surface area contributed by atoms with Crippen LogP contribution < -0.4 is 4.90 Å². The molecule has 1 aliphatic heterocycles. The molecule has 3 heterocycles. The van der Waals surface area contributed by atoms with E-state index in [1.807, 2.05) is 23.1 Å². The van der Waals surface area contributed by atoms with E-state index in [1.54, 1.807) is 24.4 Å². The molecule has 1 saturated heterocycles. The fourth-order valence-corrected chi connectivity index (χ4v) is 3.65. The van der Waals surface area contributed by atoms with Gasteiger partial charge < -0.3 is 9.42 Å². The van der Waals surface area contributed by atoms with Crippen molar-refractivity contribution in [3.8, 4) is 17.4 Å². The summed E-state index contributed by atoms with van der Waals surface area (Å²) in [6, 6.07) is 14.3. The molecular weight excluding hydrogens is 384 g/mol. The molecule has 0 saturated carbocycles. The summed E-state index contributed by atoms with van der Waals surface area (Å²) in [4.78, 5) is 19.3. The smallest absolute Gasteiger partial charge is 0.311 e. The topological polar surface area (TPSA) is 112 Å². The van der Waals surface area contributed by atoms with Gasteiger partial charge in [-0.1, -0.05) is 17.3 Å². The Morgan fingerprint density at radius 1 is 1.20 bits per heavy atom. The van der Waals surface area contributed by atoms with Gasteiger partial charge in [0, 0.05) is 50.1 Å². The Bertz CT molecular complexity index is 1100. The van der Waals surface area contributed by atoms with Crippen molar-refractivity contribution >= 4 is 11.5 Å². The third-order valence-electron chi connectivity index (χ3n) is 5.36. The first kappa shape index (κ1) is 19.5. The van der Waals surface area contributed by atoms with Gasteiger partial charge in [-0.05, 0) is 25.1 Å². The lowest BCUT2D eigenvalue weighted by Crippen LogP contribution is -2.47. The van der Waals surface area contributed by atoms with Crippen LogP contribution in [0.15, 0.2) is 53.2 Å². The minimum atomic E-state index is -0.393. The van der Waals surface area contributed by atoms with Crippen molar-refractivity contribution in [2.75, 3.05) is 31.1 Å². The molecule has 3 aromatic rings. The van der Waals surface area contributed by atoms with Crippen LogP contribution in [0.25, 0.3) is 11.3 Å². The van der Waals surface area contributed by atoms with E-state index in [0.717, 1.165) is 24.3 Å². The number of pyridine rings is 1. The highest BCUT2D eigenvalue weighted by Crippen LogP contribution is 2.29. The van der Waals surface area contributed by atoms with E-state index in [9.17, 15) is 10.1 Å². The maximum atomic E-state index is 11.3.